The molecule has 0 atom stereocenters. The van der Waals surface area contributed by atoms with Gasteiger partial charge < -0.3 is 8.83 Å². The Morgan fingerprint density at radius 1 is 1.07 bits per heavy atom. The van der Waals surface area contributed by atoms with Gasteiger partial charge in [0.05, 0.1) is 5.75 Å². The van der Waals surface area contributed by atoms with Crippen molar-refractivity contribution in [2.24, 2.45) is 0 Å². The van der Waals surface area contributed by atoms with Crippen molar-refractivity contribution in [2.45, 2.75) is 31.2 Å². The largest absolute Gasteiger partial charge is 0.425 e. The number of aryl methyl sites for hydroxylation is 2. The monoisotopic (exact) mass is 226 g/mol. The SMILES string of the molecule is CCc1nnc(SCc2nnc(C)o2)o1. The molecule has 0 fully saturated rings. The Bertz CT molecular complexity index is 439. The topological polar surface area (TPSA) is 77.8 Å². The van der Waals surface area contributed by atoms with Gasteiger partial charge in [-0.2, -0.15) is 0 Å². The average Bonchev–Trinajstić information content (AvgIpc) is 2.83. The lowest BCUT2D eigenvalue weighted by molar-refractivity contribution is 0.416. The predicted octanol–water partition coefficient (Wildman–Crippen LogP) is 1.62. The first-order valence-electron chi connectivity index (χ1n) is 4.52. The Hall–Kier alpha value is -1.37. The van der Waals surface area contributed by atoms with E-state index in [1.165, 1.54) is 11.8 Å². The van der Waals surface area contributed by atoms with Crippen LogP contribution >= 0.6 is 11.8 Å². The van der Waals surface area contributed by atoms with Gasteiger partial charge in [-0.1, -0.05) is 18.7 Å². The summed E-state index contributed by atoms with van der Waals surface area (Å²) < 4.78 is 10.5. The van der Waals surface area contributed by atoms with Crippen LogP contribution in [0.15, 0.2) is 14.1 Å². The molecule has 0 unspecified atom stereocenters. The molecule has 0 bridgehead atoms. The van der Waals surface area contributed by atoms with Crippen LogP contribution in [0, 0.1) is 6.92 Å². The summed E-state index contributed by atoms with van der Waals surface area (Å²) in [6.45, 7) is 3.71. The van der Waals surface area contributed by atoms with Crippen molar-refractivity contribution in [3.8, 4) is 0 Å². The summed E-state index contributed by atoms with van der Waals surface area (Å²) in [5, 5.41) is 15.8. The number of aromatic nitrogens is 4. The van der Waals surface area contributed by atoms with E-state index in [9.17, 15) is 0 Å². The number of nitrogens with zero attached hydrogens (tertiary/aromatic N) is 4. The van der Waals surface area contributed by atoms with E-state index in [-0.39, 0.29) is 0 Å². The van der Waals surface area contributed by atoms with Crippen LogP contribution < -0.4 is 0 Å². The second kappa shape index (κ2) is 4.43. The van der Waals surface area contributed by atoms with Crippen LogP contribution in [-0.2, 0) is 12.2 Å². The number of rotatable bonds is 4. The Morgan fingerprint density at radius 3 is 2.47 bits per heavy atom. The van der Waals surface area contributed by atoms with E-state index in [0.717, 1.165) is 6.42 Å². The van der Waals surface area contributed by atoms with Gasteiger partial charge in [-0.15, -0.1) is 20.4 Å². The molecule has 0 aliphatic rings. The van der Waals surface area contributed by atoms with Gasteiger partial charge in [-0.25, -0.2) is 0 Å². The van der Waals surface area contributed by atoms with E-state index >= 15 is 0 Å². The quantitative estimate of drug-likeness (QED) is 0.733. The number of hydrogen-bond donors (Lipinski definition) is 0. The highest BCUT2D eigenvalue weighted by atomic mass is 32.2. The molecular formula is C8H10N4O2S. The van der Waals surface area contributed by atoms with Gasteiger partial charge in [-0.05, 0) is 0 Å². The van der Waals surface area contributed by atoms with Gasteiger partial charge in [0, 0.05) is 13.3 Å². The van der Waals surface area contributed by atoms with Crippen molar-refractivity contribution in [1.29, 1.82) is 0 Å². The molecule has 6 nitrogen and oxygen atoms in total. The summed E-state index contributed by atoms with van der Waals surface area (Å²) >= 11 is 1.39. The molecule has 0 aliphatic carbocycles. The Balaban J connectivity index is 1.93. The van der Waals surface area contributed by atoms with Gasteiger partial charge >= 0.3 is 0 Å². The zero-order valence-corrected chi connectivity index (χ0v) is 9.24. The van der Waals surface area contributed by atoms with Gasteiger partial charge in [-0.3, -0.25) is 0 Å². The molecule has 0 aromatic carbocycles. The van der Waals surface area contributed by atoms with Crippen LogP contribution in [0.4, 0.5) is 0 Å². The molecule has 2 aromatic heterocycles. The van der Waals surface area contributed by atoms with E-state index in [1.54, 1.807) is 6.92 Å². The van der Waals surface area contributed by atoms with Crippen molar-refractivity contribution >= 4 is 11.8 Å². The number of hydrogen-bond acceptors (Lipinski definition) is 7. The Morgan fingerprint density at radius 2 is 1.87 bits per heavy atom. The van der Waals surface area contributed by atoms with Crippen LogP contribution in [0.1, 0.15) is 24.6 Å². The number of thioether (sulfide) groups is 1. The highest BCUT2D eigenvalue weighted by molar-refractivity contribution is 7.98. The molecule has 15 heavy (non-hydrogen) atoms. The molecular weight excluding hydrogens is 216 g/mol. The molecule has 0 saturated heterocycles. The zero-order chi connectivity index (χ0) is 10.7. The molecule has 0 radical (unpaired) electrons. The summed E-state index contributed by atoms with van der Waals surface area (Å²) in [5.41, 5.74) is 0. The minimum Gasteiger partial charge on any atom is -0.425 e. The van der Waals surface area contributed by atoms with Gasteiger partial charge in [0.15, 0.2) is 0 Å². The fourth-order valence-electron chi connectivity index (χ4n) is 0.959. The average molecular weight is 226 g/mol. The third-order valence-electron chi connectivity index (χ3n) is 1.64. The van der Waals surface area contributed by atoms with E-state index < -0.39 is 0 Å². The lowest BCUT2D eigenvalue weighted by Crippen LogP contribution is -1.80. The molecule has 0 amide bonds. The summed E-state index contributed by atoms with van der Waals surface area (Å²) in [6, 6.07) is 0. The molecule has 0 saturated carbocycles. The fourth-order valence-corrected chi connectivity index (χ4v) is 1.58. The van der Waals surface area contributed by atoms with E-state index in [4.69, 9.17) is 8.83 Å². The van der Waals surface area contributed by atoms with E-state index in [1.807, 2.05) is 6.92 Å². The second-order valence-corrected chi connectivity index (χ2v) is 3.75. The molecule has 0 N–H and O–H groups in total. The maximum Gasteiger partial charge on any atom is 0.277 e. The lowest BCUT2D eigenvalue weighted by Gasteiger charge is -1.89. The van der Waals surface area contributed by atoms with Crippen molar-refractivity contribution in [2.75, 3.05) is 0 Å². The van der Waals surface area contributed by atoms with Gasteiger partial charge in [0.2, 0.25) is 17.7 Å². The molecule has 2 aromatic rings. The fraction of sp³-hybridized carbons (Fsp3) is 0.500. The summed E-state index contributed by atoms with van der Waals surface area (Å²) in [4.78, 5) is 0. The highest BCUT2D eigenvalue weighted by Gasteiger charge is 2.08. The Kier molecular flexibility index (Phi) is 3.00. The standard InChI is InChI=1S/C8H10N4O2S/c1-3-6-10-12-8(14-6)15-4-7-11-9-5(2)13-7/h3-4H2,1-2H3. The zero-order valence-electron chi connectivity index (χ0n) is 8.43. The van der Waals surface area contributed by atoms with Crippen molar-refractivity contribution in [3.63, 3.8) is 0 Å². The van der Waals surface area contributed by atoms with Crippen LogP contribution in [0.2, 0.25) is 0 Å². The minimum atomic E-state index is 0.530. The molecule has 80 valence electrons. The van der Waals surface area contributed by atoms with E-state index in [0.29, 0.717) is 28.6 Å². The van der Waals surface area contributed by atoms with Crippen molar-refractivity contribution in [1.82, 2.24) is 20.4 Å². The predicted molar refractivity (Wildman–Crippen MR) is 52.3 cm³/mol. The molecule has 2 heterocycles. The Labute approximate surface area is 90.5 Å². The van der Waals surface area contributed by atoms with Crippen molar-refractivity contribution < 1.29 is 8.83 Å². The first-order valence-corrected chi connectivity index (χ1v) is 5.50. The third kappa shape index (κ3) is 2.56. The van der Waals surface area contributed by atoms with Crippen LogP contribution in [0.3, 0.4) is 0 Å². The first-order chi connectivity index (χ1) is 7.28. The van der Waals surface area contributed by atoms with Crippen LogP contribution in [0.25, 0.3) is 0 Å². The molecule has 0 spiro atoms. The molecule has 2 rings (SSSR count). The summed E-state index contributed by atoms with van der Waals surface area (Å²) in [7, 11) is 0. The highest BCUT2D eigenvalue weighted by Crippen LogP contribution is 2.20. The summed E-state index contributed by atoms with van der Waals surface area (Å²) in [6.07, 6.45) is 0.743. The van der Waals surface area contributed by atoms with Crippen molar-refractivity contribution in [3.05, 3.63) is 17.7 Å². The molecule has 7 heteroatoms. The van der Waals surface area contributed by atoms with Gasteiger partial charge in [0.1, 0.15) is 0 Å². The maximum atomic E-state index is 5.31. The summed E-state index contributed by atoms with van der Waals surface area (Å²) in [5.74, 6) is 2.31. The lowest BCUT2D eigenvalue weighted by atomic mass is 10.5. The van der Waals surface area contributed by atoms with Gasteiger partial charge in [0.25, 0.3) is 5.22 Å². The minimum absolute atomic E-state index is 0.530. The van der Waals surface area contributed by atoms with Crippen LogP contribution in [-0.4, -0.2) is 20.4 Å². The smallest absolute Gasteiger partial charge is 0.277 e. The normalized spacial score (nSPS) is 10.8. The first kappa shape index (κ1) is 10.2. The van der Waals surface area contributed by atoms with Crippen LogP contribution in [0.5, 0.6) is 0 Å². The maximum absolute atomic E-state index is 5.31. The second-order valence-electron chi connectivity index (χ2n) is 2.82. The van der Waals surface area contributed by atoms with E-state index in [2.05, 4.69) is 20.4 Å². The third-order valence-corrected chi connectivity index (χ3v) is 2.44. The molecule has 0 aliphatic heterocycles.